The molecular formula is C38H39N3O5. The van der Waals surface area contributed by atoms with Crippen LogP contribution in [0.25, 0.3) is 11.1 Å². The van der Waals surface area contributed by atoms with Crippen LogP contribution in [0.15, 0.2) is 88.1 Å². The molecule has 8 rings (SSSR count). The Kier molecular flexibility index (Phi) is 9.96. The number of H-pyrrole nitrogens is 1. The summed E-state index contributed by atoms with van der Waals surface area (Å²) < 4.78 is 4.89. The fourth-order valence-electron chi connectivity index (χ4n) is 5.92. The second-order valence-electron chi connectivity index (χ2n) is 11.9. The van der Waals surface area contributed by atoms with Crippen LogP contribution < -0.4 is 16.4 Å². The number of carbonyl (C=O) groups excluding carboxylic acids is 3. The van der Waals surface area contributed by atoms with Gasteiger partial charge in [-0.2, -0.15) is 0 Å². The van der Waals surface area contributed by atoms with Crippen molar-refractivity contribution in [2.45, 2.75) is 65.8 Å². The number of ketones is 1. The van der Waals surface area contributed by atoms with Gasteiger partial charge in [-0.25, -0.2) is 4.79 Å². The third-order valence-electron chi connectivity index (χ3n) is 8.34. The summed E-state index contributed by atoms with van der Waals surface area (Å²) in [5, 5.41) is 5.70. The number of anilines is 1. The summed E-state index contributed by atoms with van der Waals surface area (Å²) in [4.78, 5) is 46.5. The molecule has 8 heteroatoms. The van der Waals surface area contributed by atoms with E-state index in [2.05, 4.69) is 46.8 Å². The molecule has 0 radical (unpaired) electrons. The van der Waals surface area contributed by atoms with Crippen molar-refractivity contribution >= 4 is 34.4 Å². The van der Waals surface area contributed by atoms with E-state index >= 15 is 0 Å². The Morgan fingerprint density at radius 1 is 0.696 bits per heavy atom. The summed E-state index contributed by atoms with van der Waals surface area (Å²) in [6.45, 7) is 8.01. The molecule has 4 aromatic carbocycles. The Morgan fingerprint density at radius 3 is 2.24 bits per heavy atom. The molecule has 236 valence electrons. The van der Waals surface area contributed by atoms with Gasteiger partial charge in [0, 0.05) is 18.5 Å². The molecule has 0 saturated heterocycles. The zero-order valence-electron chi connectivity index (χ0n) is 26.7. The molecule has 1 aliphatic carbocycles. The van der Waals surface area contributed by atoms with Crippen LogP contribution in [0.2, 0.25) is 0 Å². The van der Waals surface area contributed by atoms with E-state index in [1.165, 1.54) is 27.8 Å². The highest BCUT2D eigenvalue weighted by molar-refractivity contribution is 5.99. The third kappa shape index (κ3) is 7.88. The number of nitrogens with one attached hydrogen (secondary N) is 3. The van der Waals surface area contributed by atoms with Crippen LogP contribution in [0.3, 0.4) is 0 Å². The number of benzene rings is 4. The molecule has 0 spiro atoms. The number of hydrogen-bond donors (Lipinski definition) is 3. The lowest BCUT2D eigenvalue weighted by atomic mass is 9.90. The second kappa shape index (κ2) is 14.2. The lowest BCUT2D eigenvalue weighted by molar-refractivity contribution is -0.121. The van der Waals surface area contributed by atoms with Crippen LogP contribution in [-0.4, -0.2) is 22.6 Å². The highest BCUT2D eigenvalue weighted by Crippen LogP contribution is 2.25. The maximum atomic E-state index is 11.1. The molecule has 0 bridgehead atoms. The SMILES string of the molecule is C[C@H]1NC(=O)Cc2ccccc21.Cc1ccc2c(c1)CC(=O)CC2.Cc1cccc2[nH]c(=O)oc12.Cc1cccc2c1CC(=O)N2. The van der Waals surface area contributed by atoms with Gasteiger partial charge in [0.2, 0.25) is 11.8 Å². The van der Waals surface area contributed by atoms with Gasteiger partial charge in [-0.05, 0) is 85.2 Å². The molecular weight excluding hydrogens is 578 g/mol. The predicted octanol–water partition coefficient (Wildman–Crippen LogP) is 6.39. The smallest absolute Gasteiger partial charge is 0.408 e. The van der Waals surface area contributed by atoms with Crippen LogP contribution in [0.4, 0.5) is 5.69 Å². The van der Waals surface area contributed by atoms with E-state index in [0.717, 1.165) is 40.7 Å². The van der Waals surface area contributed by atoms with Crippen molar-refractivity contribution in [2.24, 2.45) is 0 Å². The van der Waals surface area contributed by atoms with Crippen LogP contribution in [0, 0.1) is 20.8 Å². The minimum absolute atomic E-state index is 0.106. The van der Waals surface area contributed by atoms with Crippen molar-refractivity contribution in [3.05, 3.63) is 134 Å². The Labute approximate surface area is 268 Å². The van der Waals surface area contributed by atoms with Gasteiger partial charge in [0.05, 0.1) is 24.4 Å². The summed E-state index contributed by atoms with van der Waals surface area (Å²) in [6, 6.07) is 26.2. The van der Waals surface area contributed by atoms with E-state index in [1.54, 1.807) is 0 Å². The molecule has 3 N–H and O–H groups in total. The number of carbonyl (C=O) groups is 3. The average molecular weight is 618 g/mol. The zero-order chi connectivity index (χ0) is 32.8. The molecule has 0 fully saturated rings. The van der Waals surface area contributed by atoms with Gasteiger partial charge in [-0.1, -0.05) is 72.3 Å². The topological polar surface area (TPSA) is 121 Å². The number of para-hydroxylation sites is 1. The Balaban J connectivity index is 0.000000121. The van der Waals surface area contributed by atoms with E-state index in [4.69, 9.17) is 4.42 Å². The third-order valence-corrected chi connectivity index (χ3v) is 8.34. The minimum Gasteiger partial charge on any atom is -0.408 e. The molecule has 3 heterocycles. The van der Waals surface area contributed by atoms with E-state index in [-0.39, 0.29) is 17.9 Å². The molecule has 0 unspecified atom stereocenters. The average Bonchev–Trinajstić information content (AvgIpc) is 3.60. The number of fused-ring (bicyclic) bond motifs is 4. The van der Waals surface area contributed by atoms with E-state index < -0.39 is 5.76 Å². The van der Waals surface area contributed by atoms with Gasteiger partial charge >= 0.3 is 5.76 Å². The second-order valence-corrected chi connectivity index (χ2v) is 11.9. The van der Waals surface area contributed by atoms with Crippen molar-refractivity contribution in [1.29, 1.82) is 0 Å². The Morgan fingerprint density at radius 2 is 1.46 bits per heavy atom. The van der Waals surface area contributed by atoms with Gasteiger partial charge in [0.15, 0.2) is 5.58 Å². The maximum absolute atomic E-state index is 11.1. The lowest BCUT2D eigenvalue weighted by Gasteiger charge is -2.22. The lowest BCUT2D eigenvalue weighted by Crippen LogP contribution is -2.33. The first-order chi connectivity index (χ1) is 22.1. The van der Waals surface area contributed by atoms with Crippen molar-refractivity contribution in [2.75, 3.05) is 5.32 Å². The Bertz CT molecular complexity index is 1970. The van der Waals surface area contributed by atoms with Gasteiger partial charge < -0.3 is 15.1 Å². The Hall–Kier alpha value is -5.24. The number of amides is 2. The zero-order valence-corrected chi connectivity index (χ0v) is 26.7. The molecule has 5 aromatic rings. The summed E-state index contributed by atoms with van der Waals surface area (Å²) in [5.41, 5.74) is 12.0. The number of rotatable bonds is 0. The van der Waals surface area contributed by atoms with E-state index in [9.17, 15) is 19.2 Å². The molecule has 2 aliphatic heterocycles. The summed E-state index contributed by atoms with van der Waals surface area (Å²) in [7, 11) is 0. The van der Waals surface area contributed by atoms with Crippen LogP contribution in [0.5, 0.6) is 0 Å². The maximum Gasteiger partial charge on any atom is 0.417 e. The number of aromatic amines is 1. The van der Waals surface area contributed by atoms with Gasteiger partial charge in [0.1, 0.15) is 5.78 Å². The van der Waals surface area contributed by atoms with Crippen LogP contribution in [-0.2, 0) is 40.1 Å². The minimum atomic E-state index is -0.394. The molecule has 1 aromatic heterocycles. The van der Waals surface area contributed by atoms with E-state index in [0.29, 0.717) is 30.6 Å². The summed E-state index contributed by atoms with van der Waals surface area (Å²) >= 11 is 0. The largest absolute Gasteiger partial charge is 0.417 e. The molecule has 0 saturated carbocycles. The first-order valence-electron chi connectivity index (χ1n) is 15.5. The normalized spacial score (nSPS) is 15.7. The van der Waals surface area contributed by atoms with Crippen molar-refractivity contribution in [3.8, 4) is 0 Å². The van der Waals surface area contributed by atoms with Crippen molar-refractivity contribution in [1.82, 2.24) is 10.3 Å². The first kappa shape index (κ1) is 32.2. The van der Waals surface area contributed by atoms with E-state index in [1.807, 2.05) is 75.4 Å². The number of aromatic nitrogens is 1. The fraction of sp³-hybridized carbons (Fsp3) is 0.263. The number of oxazole rings is 1. The first-order valence-corrected chi connectivity index (χ1v) is 15.5. The van der Waals surface area contributed by atoms with Crippen molar-refractivity contribution < 1.29 is 18.8 Å². The molecule has 2 amide bonds. The highest BCUT2D eigenvalue weighted by atomic mass is 16.4. The monoisotopic (exact) mass is 617 g/mol. The highest BCUT2D eigenvalue weighted by Gasteiger charge is 2.20. The van der Waals surface area contributed by atoms with Gasteiger partial charge in [0.25, 0.3) is 0 Å². The molecule has 46 heavy (non-hydrogen) atoms. The standard InChI is InChI=1S/C11H12O.C10H11NO.C9H9NO.C8H7NO2/c1-8-2-3-9-4-5-11(12)7-10(9)6-8;1-7-9-5-3-2-4-8(9)6-10(12)11-7;1-6-3-2-4-8-7(6)5-9(11)10-8;1-5-3-2-4-6-7(5)11-8(10)9-6/h2-3,6H,4-5,7H2,1H3;2-5,7H,6H2,1H3,(H,11,12);2-4H,5H2,1H3,(H,10,11);2-4H,1H3,(H,9,10)/t;7-;;/m.1../s1. The molecule has 3 aliphatic rings. The van der Waals surface area contributed by atoms with Crippen LogP contribution >= 0.6 is 0 Å². The van der Waals surface area contributed by atoms with Gasteiger partial charge in [-0.3, -0.25) is 19.4 Å². The number of aryl methyl sites for hydroxylation is 4. The molecule has 8 nitrogen and oxygen atoms in total. The number of Topliss-reactive ketones (excluding diaryl/α,β-unsaturated/α-hetero) is 1. The molecule has 1 atom stereocenters. The predicted molar refractivity (Wildman–Crippen MR) is 180 cm³/mol. The summed E-state index contributed by atoms with van der Waals surface area (Å²) in [5.74, 6) is 0.220. The van der Waals surface area contributed by atoms with Gasteiger partial charge in [-0.15, -0.1) is 0 Å². The van der Waals surface area contributed by atoms with Crippen molar-refractivity contribution in [3.63, 3.8) is 0 Å². The number of hydrogen-bond acceptors (Lipinski definition) is 5. The fourth-order valence-corrected chi connectivity index (χ4v) is 5.92. The summed E-state index contributed by atoms with van der Waals surface area (Å²) in [6.07, 6.45) is 3.39. The quantitative estimate of drug-likeness (QED) is 0.186. The van der Waals surface area contributed by atoms with Crippen LogP contribution in [0.1, 0.15) is 63.9 Å².